The van der Waals surface area contributed by atoms with Crippen LogP contribution in [0.4, 0.5) is 5.82 Å². The summed E-state index contributed by atoms with van der Waals surface area (Å²) in [7, 11) is -3.43. The van der Waals surface area contributed by atoms with E-state index in [9.17, 15) is 8.42 Å². The lowest BCUT2D eigenvalue weighted by molar-refractivity contribution is 0.158. The average molecular weight is 282 g/mol. The predicted octanol–water partition coefficient (Wildman–Crippen LogP) is 0.133. The van der Waals surface area contributed by atoms with Crippen molar-refractivity contribution in [1.82, 2.24) is 14.2 Å². The Balaban J connectivity index is 1.82. The van der Waals surface area contributed by atoms with Crippen molar-refractivity contribution in [1.29, 1.82) is 0 Å². The molecule has 7 heteroatoms. The van der Waals surface area contributed by atoms with Crippen LogP contribution < -0.4 is 5.73 Å². The highest BCUT2D eigenvalue weighted by molar-refractivity contribution is 7.89. The fourth-order valence-corrected chi connectivity index (χ4v) is 4.29. The van der Waals surface area contributed by atoms with Gasteiger partial charge in [-0.1, -0.05) is 0 Å². The minimum absolute atomic E-state index is 0.230. The van der Waals surface area contributed by atoms with Crippen LogP contribution in [-0.4, -0.2) is 54.8 Å². The van der Waals surface area contributed by atoms with Gasteiger partial charge in [-0.05, 0) is 31.5 Å². The molecule has 0 aromatic carbocycles. The van der Waals surface area contributed by atoms with E-state index in [1.54, 1.807) is 4.31 Å². The van der Waals surface area contributed by atoms with Crippen LogP contribution in [0.15, 0.2) is 23.2 Å². The molecule has 2 fully saturated rings. The fourth-order valence-electron chi connectivity index (χ4n) is 2.87. The van der Waals surface area contributed by atoms with Gasteiger partial charge in [0, 0.05) is 31.9 Å². The summed E-state index contributed by atoms with van der Waals surface area (Å²) in [5.41, 5.74) is 5.49. The number of sulfonamides is 1. The second-order valence-electron chi connectivity index (χ2n) is 5.11. The second kappa shape index (κ2) is 4.73. The van der Waals surface area contributed by atoms with Crippen LogP contribution in [0, 0.1) is 0 Å². The van der Waals surface area contributed by atoms with Crippen LogP contribution in [0.5, 0.6) is 0 Å². The van der Waals surface area contributed by atoms with E-state index in [0.717, 1.165) is 19.5 Å². The number of anilines is 1. The smallest absolute Gasteiger partial charge is 0.244 e. The maximum Gasteiger partial charge on any atom is 0.244 e. The first-order valence-corrected chi connectivity index (χ1v) is 7.97. The number of nitrogens with zero attached hydrogens (tertiary/aromatic N) is 3. The summed E-state index contributed by atoms with van der Waals surface area (Å²) >= 11 is 0. The molecule has 3 rings (SSSR count). The fraction of sp³-hybridized carbons (Fsp3) is 0.583. The standard InChI is InChI=1S/C12H18N4O2S/c13-12-4-3-11(8-14-12)19(17,18)16-7-6-15-5-1-2-10(15)9-16/h3-4,8,10H,1-2,5-7,9H2,(H2,13,14). The summed E-state index contributed by atoms with van der Waals surface area (Å²) in [4.78, 5) is 6.48. The van der Waals surface area contributed by atoms with Gasteiger partial charge in [-0.2, -0.15) is 4.31 Å². The molecule has 2 aliphatic rings. The van der Waals surface area contributed by atoms with Crippen LogP contribution in [0.1, 0.15) is 12.8 Å². The number of hydrogen-bond acceptors (Lipinski definition) is 5. The van der Waals surface area contributed by atoms with Gasteiger partial charge in [0.2, 0.25) is 10.0 Å². The minimum atomic E-state index is -3.43. The largest absolute Gasteiger partial charge is 0.384 e. The molecule has 0 amide bonds. The topological polar surface area (TPSA) is 79.5 Å². The molecule has 1 aromatic heterocycles. The van der Waals surface area contributed by atoms with Crippen LogP contribution in [0.3, 0.4) is 0 Å². The van der Waals surface area contributed by atoms with Crippen molar-refractivity contribution >= 4 is 15.8 Å². The third-order valence-corrected chi connectivity index (χ3v) is 5.80. The van der Waals surface area contributed by atoms with E-state index < -0.39 is 10.0 Å². The first kappa shape index (κ1) is 12.8. The van der Waals surface area contributed by atoms with E-state index >= 15 is 0 Å². The minimum Gasteiger partial charge on any atom is -0.384 e. The third kappa shape index (κ3) is 2.33. The monoisotopic (exact) mass is 282 g/mol. The van der Waals surface area contributed by atoms with Crippen LogP contribution in [-0.2, 0) is 10.0 Å². The summed E-state index contributed by atoms with van der Waals surface area (Å²) in [5.74, 6) is 0.333. The molecular weight excluding hydrogens is 264 g/mol. The Kier molecular flexibility index (Phi) is 3.20. The normalized spacial score (nSPS) is 25.4. The molecule has 0 saturated carbocycles. The van der Waals surface area contributed by atoms with Gasteiger partial charge in [0.25, 0.3) is 0 Å². The van der Waals surface area contributed by atoms with Gasteiger partial charge < -0.3 is 5.73 Å². The predicted molar refractivity (Wildman–Crippen MR) is 72.0 cm³/mol. The number of pyridine rings is 1. The van der Waals surface area contributed by atoms with Gasteiger partial charge in [0.15, 0.2) is 0 Å². The molecule has 1 atom stereocenters. The van der Waals surface area contributed by atoms with E-state index in [0.29, 0.717) is 24.9 Å². The summed E-state index contributed by atoms with van der Waals surface area (Å²) in [6.07, 6.45) is 3.60. The van der Waals surface area contributed by atoms with E-state index in [1.807, 2.05) is 0 Å². The summed E-state index contributed by atoms with van der Waals surface area (Å²) in [6.45, 7) is 3.07. The van der Waals surface area contributed by atoms with Crippen molar-refractivity contribution in [2.24, 2.45) is 0 Å². The number of piperazine rings is 1. The molecule has 6 nitrogen and oxygen atoms in total. The first-order valence-electron chi connectivity index (χ1n) is 6.53. The number of rotatable bonds is 2. The van der Waals surface area contributed by atoms with Gasteiger partial charge in [0.05, 0.1) is 0 Å². The highest BCUT2D eigenvalue weighted by Gasteiger charge is 2.36. The lowest BCUT2D eigenvalue weighted by Gasteiger charge is -2.36. The Morgan fingerprint density at radius 1 is 1.26 bits per heavy atom. The highest BCUT2D eigenvalue weighted by Crippen LogP contribution is 2.25. The van der Waals surface area contributed by atoms with Crippen molar-refractivity contribution in [2.45, 2.75) is 23.8 Å². The zero-order valence-electron chi connectivity index (χ0n) is 10.7. The Morgan fingerprint density at radius 2 is 2.11 bits per heavy atom. The van der Waals surface area contributed by atoms with Gasteiger partial charge in [0.1, 0.15) is 10.7 Å². The Hall–Kier alpha value is -1.18. The Bertz CT molecular complexity index is 558. The molecule has 2 N–H and O–H groups in total. The highest BCUT2D eigenvalue weighted by atomic mass is 32.2. The van der Waals surface area contributed by atoms with E-state index in [4.69, 9.17) is 5.73 Å². The van der Waals surface area contributed by atoms with Crippen LogP contribution >= 0.6 is 0 Å². The van der Waals surface area contributed by atoms with Gasteiger partial charge in [-0.3, -0.25) is 4.90 Å². The summed E-state index contributed by atoms with van der Waals surface area (Å²) < 4.78 is 26.6. The van der Waals surface area contributed by atoms with Gasteiger partial charge in [-0.25, -0.2) is 13.4 Å². The molecule has 3 heterocycles. The lowest BCUT2D eigenvalue weighted by atomic mass is 10.2. The van der Waals surface area contributed by atoms with Gasteiger partial charge in [-0.15, -0.1) is 0 Å². The molecule has 2 saturated heterocycles. The maximum atomic E-state index is 12.5. The molecule has 0 radical (unpaired) electrons. The molecule has 104 valence electrons. The molecule has 0 aliphatic carbocycles. The number of fused-ring (bicyclic) bond motifs is 1. The number of nitrogens with two attached hydrogens (primary N) is 1. The number of aromatic nitrogens is 1. The average Bonchev–Trinajstić information content (AvgIpc) is 2.86. The molecule has 2 aliphatic heterocycles. The van der Waals surface area contributed by atoms with Crippen molar-refractivity contribution in [3.63, 3.8) is 0 Å². The molecule has 0 bridgehead atoms. The SMILES string of the molecule is Nc1ccc(S(=O)(=O)N2CCN3CCCC3C2)cn1. The van der Waals surface area contributed by atoms with Crippen molar-refractivity contribution < 1.29 is 8.42 Å². The van der Waals surface area contributed by atoms with Crippen molar-refractivity contribution in [2.75, 3.05) is 31.9 Å². The van der Waals surface area contributed by atoms with Crippen LogP contribution in [0.25, 0.3) is 0 Å². The van der Waals surface area contributed by atoms with Crippen LogP contribution in [0.2, 0.25) is 0 Å². The molecule has 0 spiro atoms. The second-order valence-corrected chi connectivity index (χ2v) is 7.05. The molecule has 1 aromatic rings. The molecule has 19 heavy (non-hydrogen) atoms. The summed E-state index contributed by atoms with van der Waals surface area (Å²) in [6, 6.07) is 3.43. The maximum absolute atomic E-state index is 12.5. The zero-order valence-corrected chi connectivity index (χ0v) is 11.5. The van der Waals surface area contributed by atoms with Crippen molar-refractivity contribution in [3.05, 3.63) is 18.3 Å². The first-order chi connectivity index (χ1) is 9.07. The zero-order chi connectivity index (χ0) is 13.5. The summed E-state index contributed by atoms with van der Waals surface area (Å²) in [5, 5.41) is 0. The van der Waals surface area contributed by atoms with E-state index in [1.165, 1.54) is 24.8 Å². The van der Waals surface area contributed by atoms with E-state index in [-0.39, 0.29) is 4.90 Å². The molecular formula is C12H18N4O2S. The third-order valence-electron chi connectivity index (χ3n) is 3.95. The number of nitrogen functional groups attached to an aromatic ring is 1. The van der Waals surface area contributed by atoms with E-state index in [2.05, 4.69) is 9.88 Å². The van der Waals surface area contributed by atoms with Gasteiger partial charge >= 0.3 is 0 Å². The number of hydrogen-bond donors (Lipinski definition) is 1. The van der Waals surface area contributed by atoms with Crippen molar-refractivity contribution in [3.8, 4) is 0 Å². The Morgan fingerprint density at radius 3 is 2.84 bits per heavy atom. The molecule has 1 unspecified atom stereocenters. The lowest BCUT2D eigenvalue weighted by Crippen LogP contribution is -2.51. The quantitative estimate of drug-likeness (QED) is 0.834. The Labute approximate surface area is 113 Å².